The molecule has 86 valence electrons. The summed E-state index contributed by atoms with van der Waals surface area (Å²) < 4.78 is 0. The van der Waals surface area contributed by atoms with Gasteiger partial charge in [0, 0.05) is 18.8 Å². The van der Waals surface area contributed by atoms with Crippen LogP contribution in [-0.2, 0) is 0 Å². The Labute approximate surface area is 98.0 Å². The monoisotopic (exact) mass is 216 g/mol. The lowest BCUT2D eigenvalue weighted by molar-refractivity contribution is 0.335. The van der Waals surface area contributed by atoms with E-state index in [0.29, 0.717) is 6.04 Å². The van der Waals surface area contributed by atoms with Gasteiger partial charge in [0.1, 0.15) is 0 Å². The van der Waals surface area contributed by atoms with Crippen molar-refractivity contribution in [2.45, 2.75) is 25.8 Å². The van der Waals surface area contributed by atoms with Crippen LogP contribution in [0.15, 0.2) is 35.3 Å². The Balaban J connectivity index is 2.01. The molecule has 0 unspecified atom stereocenters. The summed E-state index contributed by atoms with van der Waals surface area (Å²) >= 11 is 0. The predicted octanol–water partition coefficient (Wildman–Crippen LogP) is 2.91. The number of hydrogen-bond acceptors (Lipinski definition) is 2. The minimum atomic E-state index is 0.305. The van der Waals surface area contributed by atoms with Gasteiger partial charge in [-0.05, 0) is 32.4 Å². The summed E-state index contributed by atoms with van der Waals surface area (Å²) in [7, 11) is 2.18. The zero-order chi connectivity index (χ0) is 11.4. The van der Waals surface area contributed by atoms with Crippen molar-refractivity contribution >= 4 is 5.71 Å². The first kappa shape index (κ1) is 11.3. The highest BCUT2D eigenvalue weighted by molar-refractivity contribution is 5.85. The highest BCUT2D eigenvalue weighted by atomic mass is 15.1. The molecular weight excluding hydrogens is 196 g/mol. The second kappa shape index (κ2) is 5.26. The molecule has 2 rings (SSSR count). The van der Waals surface area contributed by atoms with Crippen molar-refractivity contribution in [2.75, 3.05) is 20.1 Å². The lowest BCUT2D eigenvalue weighted by atomic mass is 10.1. The molecule has 2 heteroatoms. The number of piperidine rings is 1. The zero-order valence-corrected chi connectivity index (χ0v) is 10.2. The van der Waals surface area contributed by atoms with Crippen LogP contribution in [0.25, 0.3) is 0 Å². The smallest absolute Gasteiger partial charge is 0.0720 e. The number of nitrogens with zero attached hydrogens (tertiary/aromatic N) is 2. The molecular formula is C14H20N2. The Morgan fingerprint density at radius 1 is 1.12 bits per heavy atom. The van der Waals surface area contributed by atoms with Gasteiger partial charge >= 0.3 is 0 Å². The number of hydrogen-bond donors (Lipinski definition) is 0. The molecule has 1 atom stereocenters. The van der Waals surface area contributed by atoms with Crippen molar-refractivity contribution in [1.29, 1.82) is 0 Å². The Kier molecular flexibility index (Phi) is 3.73. The minimum absolute atomic E-state index is 0.305. The van der Waals surface area contributed by atoms with Crippen molar-refractivity contribution in [3.63, 3.8) is 0 Å². The van der Waals surface area contributed by atoms with Crippen LogP contribution in [0.2, 0.25) is 0 Å². The molecule has 0 N–H and O–H groups in total. The van der Waals surface area contributed by atoms with Crippen molar-refractivity contribution in [1.82, 2.24) is 4.90 Å². The minimum Gasteiger partial charge on any atom is -0.306 e. The summed E-state index contributed by atoms with van der Waals surface area (Å²) in [5, 5.41) is 0. The number of likely N-dealkylation sites (tertiary alicyclic amines) is 1. The van der Waals surface area contributed by atoms with Gasteiger partial charge in [0.25, 0.3) is 0 Å². The Bertz CT molecular complexity index is 346. The Morgan fingerprint density at radius 3 is 2.38 bits per heavy atom. The quantitative estimate of drug-likeness (QED) is 0.742. The zero-order valence-electron chi connectivity index (χ0n) is 10.2. The predicted molar refractivity (Wildman–Crippen MR) is 69.0 cm³/mol. The maximum atomic E-state index is 4.83. The van der Waals surface area contributed by atoms with Crippen LogP contribution in [0.1, 0.15) is 31.4 Å². The van der Waals surface area contributed by atoms with E-state index < -0.39 is 0 Å². The first-order valence-electron chi connectivity index (χ1n) is 6.05. The molecule has 1 aliphatic rings. The molecule has 0 aliphatic carbocycles. The van der Waals surface area contributed by atoms with Crippen molar-refractivity contribution in [2.24, 2.45) is 4.99 Å². The first-order chi connectivity index (χ1) is 7.75. The lowest BCUT2D eigenvalue weighted by Crippen LogP contribution is -2.30. The average molecular weight is 216 g/mol. The van der Waals surface area contributed by atoms with Gasteiger partial charge in [0.2, 0.25) is 0 Å². The van der Waals surface area contributed by atoms with Gasteiger partial charge in [-0.1, -0.05) is 30.3 Å². The van der Waals surface area contributed by atoms with E-state index >= 15 is 0 Å². The molecule has 1 saturated heterocycles. The van der Waals surface area contributed by atoms with Gasteiger partial charge in [-0.2, -0.15) is 0 Å². The van der Waals surface area contributed by atoms with Crippen molar-refractivity contribution in [3.05, 3.63) is 35.9 Å². The third-order valence-electron chi connectivity index (χ3n) is 3.22. The standard InChI is InChI=1S/C14H20N2/c1-12(13-6-4-3-5-7-13)15-14-8-10-16(2)11-9-14/h3-7,12H,8-11H2,1-2H3/t12-/m0/s1. The SMILES string of the molecule is C[C@H](N=C1CCN(C)CC1)c1ccccc1. The van der Waals surface area contributed by atoms with Crippen LogP contribution < -0.4 is 0 Å². The number of rotatable bonds is 2. The maximum absolute atomic E-state index is 4.83. The molecule has 1 fully saturated rings. The van der Waals surface area contributed by atoms with Crippen LogP contribution >= 0.6 is 0 Å². The third-order valence-corrected chi connectivity index (χ3v) is 3.22. The molecule has 0 saturated carbocycles. The van der Waals surface area contributed by atoms with E-state index in [-0.39, 0.29) is 0 Å². The Hall–Kier alpha value is -1.15. The molecule has 0 amide bonds. The average Bonchev–Trinajstić information content (AvgIpc) is 2.33. The summed E-state index contributed by atoms with van der Waals surface area (Å²) in [5.74, 6) is 0. The lowest BCUT2D eigenvalue weighted by Gasteiger charge is -2.24. The molecule has 1 aliphatic heterocycles. The molecule has 0 radical (unpaired) electrons. The first-order valence-corrected chi connectivity index (χ1v) is 6.05. The van der Waals surface area contributed by atoms with Crippen LogP contribution in [0.4, 0.5) is 0 Å². The van der Waals surface area contributed by atoms with E-state index in [1.165, 1.54) is 11.3 Å². The van der Waals surface area contributed by atoms with Gasteiger partial charge in [-0.3, -0.25) is 4.99 Å². The fourth-order valence-electron chi connectivity index (χ4n) is 2.09. The summed E-state index contributed by atoms with van der Waals surface area (Å²) in [6, 6.07) is 10.8. The molecule has 0 spiro atoms. The van der Waals surface area contributed by atoms with Gasteiger partial charge in [0.15, 0.2) is 0 Å². The highest BCUT2D eigenvalue weighted by Gasteiger charge is 2.12. The van der Waals surface area contributed by atoms with E-state index in [1.807, 2.05) is 0 Å². The largest absolute Gasteiger partial charge is 0.306 e. The maximum Gasteiger partial charge on any atom is 0.0720 e. The molecule has 0 bridgehead atoms. The van der Waals surface area contributed by atoms with Crippen LogP contribution in [0, 0.1) is 0 Å². The van der Waals surface area contributed by atoms with E-state index in [1.54, 1.807) is 0 Å². The molecule has 1 aromatic rings. The van der Waals surface area contributed by atoms with E-state index in [9.17, 15) is 0 Å². The molecule has 2 nitrogen and oxygen atoms in total. The van der Waals surface area contributed by atoms with Crippen LogP contribution in [0.3, 0.4) is 0 Å². The number of aliphatic imine (C=N–C) groups is 1. The fraction of sp³-hybridized carbons (Fsp3) is 0.500. The molecule has 0 aromatic heterocycles. The van der Waals surface area contributed by atoms with Gasteiger partial charge < -0.3 is 4.90 Å². The second-order valence-corrected chi connectivity index (χ2v) is 4.59. The van der Waals surface area contributed by atoms with E-state index in [4.69, 9.17) is 4.99 Å². The topological polar surface area (TPSA) is 15.6 Å². The molecule has 16 heavy (non-hydrogen) atoms. The summed E-state index contributed by atoms with van der Waals surface area (Å²) in [4.78, 5) is 7.20. The van der Waals surface area contributed by atoms with Crippen molar-refractivity contribution in [3.8, 4) is 0 Å². The van der Waals surface area contributed by atoms with Crippen LogP contribution in [0.5, 0.6) is 0 Å². The highest BCUT2D eigenvalue weighted by Crippen LogP contribution is 2.18. The second-order valence-electron chi connectivity index (χ2n) is 4.59. The van der Waals surface area contributed by atoms with E-state index in [0.717, 1.165) is 25.9 Å². The van der Waals surface area contributed by atoms with E-state index in [2.05, 4.69) is 49.2 Å². The molecule has 1 heterocycles. The van der Waals surface area contributed by atoms with Crippen LogP contribution in [-0.4, -0.2) is 30.7 Å². The van der Waals surface area contributed by atoms with Gasteiger partial charge in [-0.15, -0.1) is 0 Å². The Morgan fingerprint density at radius 2 is 1.75 bits per heavy atom. The van der Waals surface area contributed by atoms with Gasteiger partial charge in [-0.25, -0.2) is 0 Å². The number of benzene rings is 1. The normalized spacial score (nSPS) is 19.5. The summed E-state index contributed by atoms with van der Waals surface area (Å²) in [6.45, 7) is 4.49. The van der Waals surface area contributed by atoms with Crippen molar-refractivity contribution < 1.29 is 0 Å². The third kappa shape index (κ3) is 2.92. The molecule has 1 aromatic carbocycles. The fourth-order valence-corrected chi connectivity index (χ4v) is 2.09. The summed E-state index contributed by atoms with van der Waals surface area (Å²) in [5.41, 5.74) is 2.70. The summed E-state index contributed by atoms with van der Waals surface area (Å²) in [6.07, 6.45) is 2.27. The van der Waals surface area contributed by atoms with Gasteiger partial charge in [0.05, 0.1) is 6.04 Å².